The van der Waals surface area contributed by atoms with Gasteiger partial charge in [-0.3, -0.25) is 4.79 Å². The summed E-state index contributed by atoms with van der Waals surface area (Å²) >= 11 is 0. The summed E-state index contributed by atoms with van der Waals surface area (Å²) in [6.45, 7) is 0.118. The number of ether oxygens (including phenoxy) is 2. The van der Waals surface area contributed by atoms with Crippen LogP contribution in [0.25, 0.3) is 6.08 Å². The van der Waals surface area contributed by atoms with E-state index in [0.717, 1.165) is 5.56 Å². The SMILES string of the molecule is O=C(/C=C/c1ccc2c(c1)OCO2)NC[C@](O)(c1ccoc1)c1ccco1. The molecule has 7 heteroatoms. The molecule has 1 aliphatic heterocycles. The molecule has 0 radical (unpaired) electrons. The second-order valence-electron chi connectivity index (χ2n) is 6.01. The van der Waals surface area contributed by atoms with Crippen LogP contribution in [0.2, 0.25) is 0 Å². The summed E-state index contributed by atoms with van der Waals surface area (Å²) < 4.78 is 21.0. The summed E-state index contributed by atoms with van der Waals surface area (Å²) in [4.78, 5) is 12.2. The van der Waals surface area contributed by atoms with Gasteiger partial charge in [-0.15, -0.1) is 0 Å². The predicted octanol–water partition coefficient (Wildman–Crippen LogP) is 2.67. The lowest BCUT2D eigenvalue weighted by Gasteiger charge is -2.24. The summed E-state index contributed by atoms with van der Waals surface area (Å²) in [6.07, 6.45) is 7.36. The number of furan rings is 2. The second kappa shape index (κ2) is 7.05. The highest BCUT2D eigenvalue weighted by Crippen LogP contribution is 2.33. The van der Waals surface area contributed by atoms with E-state index in [-0.39, 0.29) is 19.2 Å². The highest BCUT2D eigenvalue weighted by molar-refractivity contribution is 5.91. The van der Waals surface area contributed by atoms with Crippen LogP contribution in [0, 0.1) is 0 Å². The molecule has 1 aromatic carbocycles. The van der Waals surface area contributed by atoms with Crippen molar-refractivity contribution in [1.29, 1.82) is 0 Å². The Bertz CT molecular complexity index is 909. The minimum atomic E-state index is -1.53. The van der Waals surface area contributed by atoms with Gasteiger partial charge in [-0.2, -0.15) is 0 Å². The highest BCUT2D eigenvalue weighted by atomic mass is 16.7. The average molecular weight is 367 g/mol. The normalized spacial score (nSPS) is 15.0. The quantitative estimate of drug-likeness (QED) is 0.651. The van der Waals surface area contributed by atoms with Gasteiger partial charge in [0.1, 0.15) is 5.76 Å². The van der Waals surface area contributed by atoms with Gasteiger partial charge in [0.05, 0.1) is 25.3 Å². The van der Waals surface area contributed by atoms with Crippen molar-refractivity contribution in [3.8, 4) is 11.5 Å². The predicted molar refractivity (Wildman–Crippen MR) is 95.0 cm³/mol. The molecule has 0 fully saturated rings. The fraction of sp³-hybridized carbons (Fsp3) is 0.150. The number of carbonyl (C=O) groups excluding carboxylic acids is 1. The molecule has 7 nitrogen and oxygen atoms in total. The van der Waals surface area contributed by atoms with Crippen LogP contribution in [0.15, 0.2) is 70.1 Å². The molecule has 138 valence electrons. The number of rotatable bonds is 6. The molecule has 4 rings (SSSR count). The van der Waals surface area contributed by atoms with Crippen LogP contribution in [0.5, 0.6) is 11.5 Å². The van der Waals surface area contributed by atoms with Crippen molar-refractivity contribution in [3.63, 3.8) is 0 Å². The Morgan fingerprint density at radius 1 is 1.19 bits per heavy atom. The van der Waals surface area contributed by atoms with Gasteiger partial charge in [0.25, 0.3) is 0 Å². The molecule has 27 heavy (non-hydrogen) atoms. The standard InChI is InChI=1S/C20H17NO6/c22-19(6-4-14-3-5-16-17(10-14)27-13-26-16)21-12-20(23,15-7-9-24-11-15)18-2-1-8-25-18/h1-11,23H,12-13H2,(H,21,22)/b6-4+/t20-/m0/s1. The molecule has 1 amide bonds. The van der Waals surface area contributed by atoms with Crippen LogP contribution in [0.4, 0.5) is 0 Å². The van der Waals surface area contributed by atoms with E-state index in [9.17, 15) is 9.90 Å². The lowest BCUT2D eigenvalue weighted by molar-refractivity contribution is -0.117. The van der Waals surface area contributed by atoms with Crippen molar-refractivity contribution in [3.05, 3.63) is 78.2 Å². The third-order valence-electron chi connectivity index (χ3n) is 4.27. The van der Waals surface area contributed by atoms with Crippen molar-refractivity contribution in [2.45, 2.75) is 5.60 Å². The third-order valence-corrected chi connectivity index (χ3v) is 4.27. The topological polar surface area (TPSA) is 94.1 Å². The molecule has 2 N–H and O–H groups in total. The minimum Gasteiger partial charge on any atom is -0.472 e. The van der Waals surface area contributed by atoms with Crippen LogP contribution in [-0.2, 0) is 10.4 Å². The molecular formula is C20H17NO6. The molecule has 0 saturated carbocycles. The van der Waals surface area contributed by atoms with E-state index in [0.29, 0.717) is 22.8 Å². The van der Waals surface area contributed by atoms with Crippen LogP contribution >= 0.6 is 0 Å². The van der Waals surface area contributed by atoms with Gasteiger partial charge in [-0.1, -0.05) is 6.07 Å². The van der Waals surface area contributed by atoms with E-state index in [1.807, 2.05) is 6.07 Å². The van der Waals surface area contributed by atoms with E-state index < -0.39 is 5.60 Å². The van der Waals surface area contributed by atoms with E-state index in [1.54, 1.807) is 36.4 Å². The highest BCUT2D eigenvalue weighted by Gasteiger charge is 2.35. The first-order valence-electron chi connectivity index (χ1n) is 8.30. The van der Waals surface area contributed by atoms with Crippen molar-refractivity contribution >= 4 is 12.0 Å². The van der Waals surface area contributed by atoms with Crippen molar-refractivity contribution in [1.82, 2.24) is 5.32 Å². The average Bonchev–Trinajstić information content (AvgIpc) is 3.45. The van der Waals surface area contributed by atoms with Crippen LogP contribution in [-0.4, -0.2) is 24.4 Å². The van der Waals surface area contributed by atoms with Gasteiger partial charge < -0.3 is 28.7 Å². The molecular weight excluding hydrogens is 350 g/mol. The smallest absolute Gasteiger partial charge is 0.244 e. The molecule has 0 aliphatic carbocycles. The molecule has 1 aliphatic rings. The Balaban J connectivity index is 1.44. The van der Waals surface area contributed by atoms with Gasteiger partial charge in [0, 0.05) is 11.6 Å². The zero-order chi connectivity index (χ0) is 18.7. The molecule has 3 aromatic rings. The zero-order valence-corrected chi connectivity index (χ0v) is 14.3. The molecule has 3 heterocycles. The lowest BCUT2D eigenvalue weighted by atomic mass is 9.93. The van der Waals surface area contributed by atoms with Crippen LogP contribution < -0.4 is 14.8 Å². The van der Waals surface area contributed by atoms with Gasteiger partial charge >= 0.3 is 0 Å². The maximum atomic E-state index is 12.2. The Morgan fingerprint density at radius 2 is 2.07 bits per heavy atom. The monoisotopic (exact) mass is 367 g/mol. The summed E-state index contributed by atoms with van der Waals surface area (Å²) in [5.41, 5.74) is -0.248. The molecule has 0 bridgehead atoms. The molecule has 2 aromatic heterocycles. The Kier molecular flexibility index (Phi) is 4.43. The molecule has 0 spiro atoms. The van der Waals surface area contributed by atoms with E-state index >= 15 is 0 Å². The molecule has 0 unspecified atom stereocenters. The van der Waals surface area contributed by atoms with E-state index in [2.05, 4.69) is 5.32 Å². The van der Waals surface area contributed by atoms with E-state index in [4.69, 9.17) is 18.3 Å². The summed E-state index contributed by atoms with van der Waals surface area (Å²) in [6, 6.07) is 10.3. The largest absolute Gasteiger partial charge is 0.472 e. The first kappa shape index (κ1) is 17.0. The number of benzene rings is 1. The van der Waals surface area contributed by atoms with Gasteiger partial charge in [-0.05, 0) is 42.0 Å². The Morgan fingerprint density at radius 3 is 2.85 bits per heavy atom. The first-order valence-corrected chi connectivity index (χ1v) is 8.30. The maximum Gasteiger partial charge on any atom is 0.244 e. The zero-order valence-electron chi connectivity index (χ0n) is 14.3. The lowest BCUT2D eigenvalue weighted by Crippen LogP contribution is -2.40. The summed E-state index contributed by atoms with van der Waals surface area (Å²) in [5.74, 6) is 1.27. The minimum absolute atomic E-state index is 0.0790. The number of nitrogens with one attached hydrogen (secondary N) is 1. The second-order valence-corrected chi connectivity index (χ2v) is 6.01. The van der Waals surface area contributed by atoms with Crippen LogP contribution in [0.1, 0.15) is 16.9 Å². The number of hydrogen-bond donors (Lipinski definition) is 2. The maximum absolute atomic E-state index is 12.2. The van der Waals surface area contributed by atoms with Gasteiger partial charge in [-0.25, -0.2) is 0 Å². The van der Waals surface area contributed by atoms with E-state index in [1.165, 1.54) is 24.9 Å². The van der Waals surface area contributed by atoms with Crippen molar-refractivity contribution < 1.29 is 28.2 Å². The third kappa shape index (κ3) is 3.45. The summed E-state index contributed by atoms with van der Waals surface area (Å²) in [7, 11) is 0. The molecule has 1 atom stereocenters. The number of fused-ring (bicyclic) bond motifs is 1. The Labute approximate surface area is 154 Å². The number of aliphatic hydroxyl groups is 1. The fourth-order valence-corrected chi connectivity index (χ4v) is 2.81. The molecule has 0 saturated heterocycles. The number of amides is 1. The fourth-order valence-electron chi connectivity index (χ4n) is 2.81. The van der Waals surface area contributed by atoms with Crippen molar-refractivity contribution in [2.75, 3.05) is 13.3 Å². The summed E-state index contributed by atoms with van der Waals surface area (Å²) in [5, 5.41) is 13.7. The first-order chi connectivity index (χ1) is 13.1. The Hall–Kier alpha value is -3.45. The van der Waals surface area contributed by atoms with Gasteiger partial charge in [0.2, 0.25) is 12.7 Å². The van der Waals surface area contributed by atoms with Crippen molar-refractivity contribution in [2.24, 2.45) is 0 Å². The van der Waals surface area contributed by atoms with Crippen LogP contribution in [0.3, 0.4) is 0 Å². The number of carbonyl (C=O) groups is 1. The number of hydrogen-bond acceptors (Lipinski definition) is 6. The van der Waals surface area contributed by atoms with Gasteiger partial charge in [0.15, 0.2) is 17.1 Å².